The molecule has 1 N–H and O–H groups in total. The van der Waals surface area contributed by atoms with Crippen LogP contribution in [0.1, 0.15) is 46.1 Å². The van der Waals surface area contributed by atoms with Gasteiger partial charge in [-0.15, -0.1) is 0 Å². The minimum absolute atomic E-state index is 0.0327. The van der Waals surface area contributed by atoms with Crippen molar-refractivity contribution in [3.05, 3.63) is 34.3 Å². The molecule has 4 nitrogen and oxygen atoms in total. The zero-order valence-corrected chi connectivity index (χ0v) is 16.5. The third-order valence-corrected chi connectivity index (χ3v) is 4.83. The monoisotopic (exact) mass is 394 g/mol. The van der Waals surface area contributed by atoms with Crippen LogP contribution < -0.4 is 5.32 Å². The van der Waals surface area contributed by atoms with E-state index in [1.54, 1.807) is 4.90 Å². The highest BCUT2D eigenvalue weighted by Gasteiger charge is 2.38. The normalized spacial score (nSPS) is 19.2. The van der Waals surface area contributed by atoms with E-state index in [4.69, 9.17) is 0 Å². The first kappa shape index (κ1) is 19.0. The fourth-order valence-electron chi connectivity index (χ4n) is 3.08. The Bertz CT molecular complexity index is 592. The minimum Gasteiger partial charge on any atom is -0.352 e. The third kappa shape index (κ3) is 4.82. The number of hydrogen-bond acceptors (Lipinski definition) is 2. The van der Waals surface area contributed by atoms with Crippen LogP contribution in [0.3, 0.4) is 0 Å². The van der Waals surface area contributed by atoms with E-state index in [0.29, 0.717) is 6.54 Å². The van der Waals surface area contributed by atoms with Crippen LogP contribution in [0.2, 0.25) is 0 Å². The molecule has 1 aliphatic heterocycles. The molecule has 1 aromatic rings. The van der Waals surface area contributed by atoms with Crippen molar-refractivity contribution in [2.45, 2.75) is 59.0 Å². The quantitative estimate of drug-likeness (QED) is 0.848. The largest absolute Gasteiger partial charge is 0.352 e. The van der Waals surface area contributed by atoms with E-state index < -0.39 is 5.41 Å². The van der Waals surface area contributed by atoms with Gasteiger partial charge in [-0.1, -0.05) is 48.8 Å². The van der Waals surface area contributed by atoms with Crippen LogP contribution in [-0.4, -0.2) is 35.3 Å². The molecule has 1 aliphatic rings. The maximum atomic E-state index is 12.6. The fraction of sp³-hybridized carbons (Fsp3) is 0.579. The smallest absolute Gasteiger partial charge is 0.243 e. The summed E-state index contributed by atoms with van der Waals surface area (Å²) in [7, 11) is 0. The van der Waals surface area contributed by atoms with Gasteiger partial charge >= 0.3 is 0 Å². The fourth-order valence-corrected chi connectivity index (χ4v) is 3.34. The highest BCUT2D eigenvalue weighted by molar-refractivity contribution is 9.10. The summed E-state index contributed by atoms with van der Waals surface area (Å²) in [5, 5.41) is 3.08. The van der Waals surface area contributed by atoms with E-state index >= 15 is 0 Å². The molecule has 1 saturated heterocycles. The van der Waals surface area contributed by atoms with E-state index in [1.165, 1.54) is 5.56 Å². The van der Waals surface area contributed by atoms with Gasteiger partial charge in [-0.25, -0.2) is 0 Å². The number of carbonyl (C=O) groups is 2. The molecule has 0 saturated carbocycles. The Morgan fingerprint density at radius 1 is 1.29 bits per heavy atom. The van der Waals surface area contributed by atoms with Gasteiger partial charge in [0.2, 0.25) is 11.8 Å². The average Bonchev–Trinajstić information content (AvgIpc) is 2.97. The summed E-state index contributed by atoms with van der Waals surface area (Å²) in [5.41, 5.74) is 0.728. The van der Waals surface area contributed by atoms with Crippen LogP contribution in [0.25, 0.3) is 0 Å². The number of nitrogens with one attached hydrogen (secondary N) is 1. The molecule has 2 amide bonds. The summed E-state index contributed by atoms with van der Waals surface area (Å²) in [6.07, 6.45) is 2.42. The van der Waals surface area contributed by atoms with Gasteiger partial charge in [0.05, 0.1) is 0 Å². The number of likely N-dealkylation sites (tertiary alicyclic amines) is 1. The number of amides is 2. The van der Waals surface area contributed by atoms with Gasteiger partial charge in [-0.3, -0.25) is 9.59 Å². The summed E-state index contributed by atoms with van der Waals surface area (Å²) in [5.74, 6) is 0.0235. The van der Waals surface area contributed by atoms with Gasteiger partial charge in [-0.05, 0) is 43.9 Å². The van der Waals surface area contributed by atoms with Crippen molar-refractivity contribution in [1.82, 2.24) is 10.2 Å². The Morgan fingerprint density at radius 2 is 1.92 bits per heavy atom. The van der Waals surface area contributed by atoms with E-state index in [-0.39, 0.29) is 23.9 Å². The SMILES string of the molecule is CC(Cc1ccc(Br)cc1)NC(=O)C1CCCN1C(=O)C(C)(C)C. The average molecular weight is 395 g/mol. The summed E-state index contributed by atoms with van der Waals surface area (Å²) >= 11 is 3.43. The first-order valence-electron chi connectivity index (χ1n) is 8.54. The number of benzene rings is 1. The molecule has 2 atom stereocenters. The van der Waals surface area contributed by atoms with Crippen LogP contribution in [0.15, 0.2) is 28.7 Å². The van der Waals surface area contributed by atoms with E-state index in [0.717, 1.165) is 23.7 Å². The predicted molar refractivity (Wildman–Crippen MR) is 99.6 cm³/mol. The van der Waals surface area contributed by atoms with Gasteiger partial charge in [0.15, 0.2) is 0 Å². The lowest BCUT2D eigenvalue weighted by Crippen LogP contribution is -2.51. The highest BCUT2D eigenvalue weighted by Crippen LogP contribution is 2.25. The molecule has 0 radical (unpaired) electrons. The molecule has 0 bridgehead atoms. The van der Waals surface area contributed by atoms with Crippen molar-refractivity contribution in [1.29, 1.82) is 0 Å². The van der Waals surface area contributed by atoms with Crippen molar-refractivity contribution >= 4 is 27.7 Å². The second kappa shape index (κ2) is 7.68. The van der Waals surface area contributed by atoms with Crippen molar-refractivity contribution in [2.24, 2.45) is 5.41 Å². The first-order chi connectivity index (χ1) is 11.2. The molecule has 2 unspecified atom stereocenters. The van der Waals surface area contributed by atoms with Crippen molar-refractivity contribution in [3.63, 3.8) is 0 Å². The molecule has 1 fully saturated rings. The zero-order valence-electron chi connectivity index (χ0n) is 14.9. The molecular weight excluding hydrogens is 368 g/mol. The lowest BCUT2D eigenvalue weighted by Gasteiger charge is -2.31. The van der Waals surface area contributed by atoms with Gasteiger partial charge in [-0.2, -0.15) is 0 Å². The van der Waals surface area contributed by atoms with Crippen LogP contribution in [0, 0.1) is 5.41 Å². The molecule has 1 aromatic carbocycles. The van der Waals surface area contributed by atoms with Gasteiger partial charge < -0.3 is 10.2 Å². The van der Waals surface area contributed by atoms with Gasteiger partial charge in [0.25, 0.3) is 0 Å². The lowest BCUT2D eigenvalue weighted by atomic mass is 9.94. The molecule has 24 heavy (non-hydrogen) atoms. The first-order valence-corrected chi connectivity index (χ1v) is 9.33. The van der Waals surface area contributed by atoms with E-state index in [2.05, 4.69) is 33.4 Å². The van der Waals surface area contributed by atoms with Gasteiger partial charge in [0.1, 0.15) is 6.04 Å². The molecule has 2 rings (SSSR count). The highest BCUT2D eigenvalue weighted by atomic mass is 79.9. The minimum atomic E-state index is -0.452. The van der Waals surface area contributed by atoms with Gasteiger partial charge in [0, 0.05) is 22.5 Å². The summed E-state index contributed by atoms with van der Waals surface area (Å²) in [4.78, 5) is 26.9. The predicted octanol–water partition coefficient (Wildman–Crippen LogP) is 3.53. The number of carbonyl (C=O) groups excluding carboxylic acids is 2. The lowest BCUT2D eigenvalue weighted by molar-refractivity contribution is -0.144. The van der Waals surface area contributed by atoms with Crippen molar-refractivity contribution in [2.75, 3.05) is 6.54 Å². The number of hydrogen-bond donors (Lipinski definition) is 1. The Hall–Kier alpha value is -1.36. The molecule has 132 valence electrons. The molecule has 1 heterocycles. The molecule has 0 aliphatic carbocycles. The maximum Gasteiger partial charge on any atom is 0.243 e. The Balaban J connectivity index is 1.95. The molecule has 5 heteroatoms. The van der Waals surface area contributed by atoms with Crippen LogP contribution in [0.4, 0.5) is 0 Å². The second-order valence-corrected chi connectivity index (χ2v) is 8.56. The third-order valence-electron chi connectivity index (χ3n) is 4.30. The Kier molecular flexibility index (Phi) is 6.07. The molecule has 0 aromatic heterocycles. The summed E-state index contributed by atoms with van der Waals surface area (Å²) in [6.45, 7) is 8.39. The Morgan fingerprint density at radius 3 is 2.50 bits per heavy atom. The van der Waals surface area contributed by atoms with Crippen molar-refractivity contribution in [3.8, 4) is 0 Å². The second-order valence-electron chi connectivity index (χ2n) is 7.65. The van der Waals surface area contributed by atoms with Crippen LogP contribution in [0.5, 0.6) is 0 Å². The molecular formula is C19H27BrN2O2. The Labute approximate surface area is 153 Å². The van der Waals surface area contributed by atoms with Crippen LogP contribution >= 0.6 is 15.9 Å². The van der Waals surface area contributed by atoms with E-state index in [9.17, 15) is 9.59 Å². The summed E-state index contributed by atoms with van der Waals surface area (Å²) in [6, 6.07) is 7.82. The number of rotatable bonds is 4. The van der Waals surface area contributed by atoms with E-state index in [1.807, 2.05) is 39.8 Å². The number of halogens is 1. The number of nitrogens with zero attached hydrogens (tertiary/aromatic N) is 1. The maximum absolute atomic E-state index is 12.6. The zero-order chi connectivity index (χ0) is 17.9. The summed E-state index contributed by atoms with van der Waals surface area (Å²) < 4.78 is 1.05. The van der Waals surface area contributed by atoms with Crippen LogP contribution in [-0.2, 0) is 16.0 Å². The molecule has 0 spiro atoms. The standard InChI is InChI=1S/C19H27BrN2O2/c1-13(12-14-7-9-15(20)10-8-14)21-17(23)16-6-5-11-22(16)18(24)19(2,3)4/h7-10,13,16H,5-6,11-12H2,1-4H3,(H,21,23). The van der Waals surface area contributed by atoms with Crippen molar-refractivity contribution < 1.29 is 9.59 Å². The topological polar surface area (TPSA) is 49.4 Å².